The molecular weight excluding hydrogens is 759 g/mol. The largest absolute Gasteiger partial charge is 0.161 e. The number of alkyl halides is 6. The van der Waals surface area contributed by atoms with Gasteiger partial charge in [0.2, 0.25) is 0 Å². The second kappa shape index (κ2) is 6.67. The average molecular weight is 765 g/mol. The maximum absolute atomic E-state index is 3.67. The van der Waals surface area contributed by atoms with Gasteiger partial charge in [-0.05, 0) is 25.0 Å². The highest BCUT2D eigenvalue weighted by atomic mass is 80.0. The molecule has 0 nitrogen and oxygen atoms in total. The van der Waals surface area contributed by atoms with Crippen molar-refractivity contribution >= 4 is 127 Å². The molecule has 0 bridgehead atoms. The van der Waals surface area contributed by atoms with E-state index in [1.54, 1.807) is 0 Å². The molecule has 1 aromatic carbocycles. The van der Waals surface area contributed by atoms with Crippen LogP contribution in [-0.4, -0.2) is 0 Å². The zero-order chi connectivity index (χ0) is 14.5. The molecule has 0 aliphatic carbocycles. The van der Waals surface area contributed by atoms with Crippen molar-refractivity contribution in [2.75, 3.05) is 0 Å². The van der Waals surface area contributed by atoms with Crippen LogP contribution in [0.4, 0.5) is 0 Å². The Labute approximate surface area is 174 Å². The predicted octanol–water partition coefficient (Wildman–Crippen LogP) is 8.42. The number of benzene rings is 1. The molecule has 0 amide bonds. The summed E-state index contributed by atoms with van der Waals surface area (Å²) in [6, 6.07) is 0. The minimum atomic E-state index is -0.525. The Hall–Kier alpha value is 3.06. The van der Waals surface area contributed by atoms with Crippen molar-refractivity contribution in [3.05, 3.63) is 31.2 Å². The first-order valence-corrected chi connectivity index (χ1v) is 10.9. The van der Waals surface area contributed by atoms with Crippen molar-refractivity contribution in [1.82, 2.24) is 0 Å². The zero-order valence-electron chi connectivity index (χ0n) is 9.02. The average Bonchev–Trinajstić information content (AvgIpc) is 2.16. The third kappa shape index (κ3) is 4.07. The lowest BCUT2D eigenvalue weighted by molar-refractivity contribution is 1.14. The fraction of sp³-hybridized carbons (Fsp3) is 0.400. The van der Waals surface area contributed by atoms with Crippen LogP contribution in [0.5, 0.6) is 0 Å². The summed E-state index contributed by atoms with van der Waals surface area (Å²) in [7, 11) is 0. The van der Waals surface area contributed by atoms with Crippen molar-refractivity contribution in [1.29, 1.82) is 0 Å². The summed E-state index contributed by atoms with van der Waals surface area (Å²) < 4.78 is 1.02. The maximum atomic E-state index is 3.67. The standard InChI is InChI=1S/C10H6Br8/c1-3-4(2)8(12)6(10(16,17)18)5(7(3)11)9(13,14)15/h1-2H3. The van der Waals surface area contributed by atoms with Crippen LogP contribution in [0.15, 0.2) is 8.95 Å². The maximum Gasteiger partial charge on any atom is 0.161 e. The summed E-state index contributed by atoms with van der Waals surface area (Å²) in [5, 5.41) is 0. The van der Waals surface area contributed by atoms with Crippen LogP contribution in [0.1, 0.15) is 22.3 Å². The van der Waals surface area contributed by atoms with Crippen LogP contribution >= 0.6 is 127 Å². The van der Waals surface area contributed by atoms with E-state index < -0.39 is 4.29 Å². The van der Waals surface area contributed by atoms with Gasteiger partial charge in [-0.3, -0.25) is 0 Å². The topological polar surface area (TPSA) is 0 Å². The molecule has 1 aromatic rings. The predicted molar refractivity (Wildman–Crippen MR) is 108 cm³/mol. The lowest BCUT2D eigenvalue weighted by Gasteiger charge is -2.28. The van der Waals surface area contributed by atoms with E-state index >= 15 is 0 Å². The van der Waals surface area contributed by atoms with Gasteiger partial charge < -0.3 is 0 Å². The van der Waals surface area contributed by atoms with E-state index in [1.165, 1.54) is 11.1 Å². The van der Waals surface area contributed by atoms with E-state index in [0.29, 0.717) is 0 Å². The molecule has 8 heteroatoms. The SMILES string of the molecule is Cc1c(C)c(Br)c(C(Br)(Br)Br)c(C(Br)(Br)Br)c1Br. The van der Waals surface area contributed by atoms with Gasteiger partial charge in [0.25, 0.3) is 0 Å². The monoisotopic (exact) mass is 757 g/mol. The Balaban J connectivity index is 3.89. The number of halogens is 8. The summed E-state index contributed by atoms with van der Waals surface area (Å²) in [4.78, 5) is 0. The molecule has 0 N–H and O–H groups in total. The summed E-state index contributed by atoms with van der Waals surface area (Å²) in [5.74, 6) is 0. The Morgan fingerprint density at radius 1 is 0.611 bits per heavy atom. The molecule has 0 aromatic heterocycles. The van der Waals surface area contributed by atoms with Gasteiger partial charge in [0.15, 0.2) is 4.29 Å². The molecule has 0 saturated carbocycles. The molecule has 0 unspecified atom stereocenters. The molecule has 0 heterocycles. The van der Waals surface area contributed by atoms with Crippen molar-refractivity contribution < 1.29 is 0 Å². The van der Waals surface area contributed by atoms with E-state index in [9.17, 15) is 0 Å². The first-order valence-electron chi connectivity index (χ1n) is 4.51. The summed E-state index contributed by atoms with van der Waals surface area (Å²) in [6.07, 6.45) is 0. The van der Waals surface area contributed by atoms with Crippen molar-refractivity contribution in [3.8, 4) is 0 Å². The minimum absolute atomic E-state index is 0.525. The molecule has 0 spiro atoms. The smallest absolute Gasteiger partial charge is 0.0545 e. The van der Waals surface area contributed by atoms with Crippen molar-refractivity contribution in [2.24, 2.45) is 0 Å². The zero-order valence-corrected chi connectivity index (χ0v) is 21.7. The van der Waals surface area contributed by atoms with Crippen LogP contribution in [0.3, 0.4) is 0 Å². The van der Waals surface area contributed by atoms with Gasteiger partial charge in [-0.15, -0.1) is 0 Å². The highest BCUT2D eigenvalue weighted by Crippen LogP contribution is 2.58. The highest BCUT2D eigenvalue weighted by Gasteiger charge is 2.37. The Bertz CT molecular complexity index is 435. The molecule has 0 fully saturated rings. The molecule has 18 heavy (non-hydrogen) atoms. The van der Waals surface area contributed by atoms with Crippen LogP contribution in [0, 0.1) is 13.8 Å². The molecule has 0 aliphatic rings. The van der Waals surface area contributed by atoms with E-state index in [2.05, 4.69) is 141 Å². The minimum Gasteiger partial charge on any atom is -0.0545 e. The lowest BCUT2D eigenvalue weighted by atomic mass is 10.0. The number of hydrogen-bond donors (Lipinski definition) is 0. The van der Waals surface area contributed by atoms with E-state index in [4.69, 9.17) is 0 Å². The van der Waals surface area contributed by atoms with Gasteiger partial charge in [0, 0.05) is 20.1 Å². The Kier molecular flexibility index (Phi) is 7.08. The first kappa shape index (κ1) is 19.1. The molecule has 102 valence electrons. The number of hydrogen-bond acceptors (Lipinski definition) is 0. The van der Waals surface area contributed by atoms with Gasteiger partial charge in [-0.2, -0.15) is 0 Å². The quantitative estimate of drug-likeness (QED) is 0.233. The third-order valence-corrected chi connectivity index (χ3v) is 6.84. The van der Waals surface area contributed by atoms with Crippen LogP contribution in [0.25, 0.3) is 0 Å². The van der Waals surface area contributed by atoms with Crippen LogP contribution < -0.4 is 0 Å². The van der Waals surface area contributed by atoms with Gasteiger partial charge >= 0.3 is 0 Å². The van der Waals surface area contributed by atoms with Crippen molar-refractivity contribution in [2.45, 2.75) is 18.1 Å². The molecule has 1 rings (SSSR count). The summed E-state index contributed by atoms with van der Waals surface area (Å²) in [5.41, 5.74) is 4.42. The molecule has 0 aliphatic heterocycles. The van der Waals surface area contributed by atoms with E-state index in [0.717, 1.165) is 20.1 Å². The normalized spacial score (nSPS) is 13.0. The molecule has 0 radical (unpaired) electrons. The second-order valence-corrected chi connectivity index (χ2v) is 18.7. The van der Waals surface area contributed by atoms with E-state index in [1.807, 2.05) is 0 Å². The Morgan fingerprint density at radius 3 is 1.00 bits per heavy atom. The lowest BCUT2D eigenvalue weighted by Crippen LogP contribution is -2.14. The van der Waals surface area contributed by atoms with Crippen LogP contribution in [0.2, 0.25) is 0 Å². The number of rotatable bonds is 0. The van der Waals surface area contributed by atoms with Crippen molar-refractivity contribution in [3.63, 3.8) is 0 Å². The van der Waals surface area contributed by atoms with Gasteiger partial charge in [-0.25, -0.2) is 0 Å². The summed E-state index contributed by atoms with van der Waals surface area (Å²) >= 11 is 28.9. The highest BCUT2D eigenvalue weighted by molar-refractivity contribution is 9.39. The summed E-state index contributed by atoms with van der Waals surface area (Å²) in [6.45, 7) is 4.16. The fourth-order valence-electron chi connectivity index (χ4n) is 1.46. The second-order valence-electron chi connectivity index (χ2n) is 3.62. The molecular formula is C10H6Br8. The Morgan fingerprint density at radius 2 is 0.833 bits per heavy atom. The van der Waals surface area contributed by atoms with Gasteiger partial charge in [0.1, 0.15) is 0 Å². The van der Waals surface area contributed by atoms with Crippen LogP contribution in [-0.2, 0) is 4.29 Å². The van der Waals surface area contributed by atoms with Gasteiger partial charge in [-0.1, -0.05) is 127 Å². The molecule has 0 saturated heterocycles. The fourth-order valence-corrected chi connectivity index (χ4v) is 7.02. The van der Waals surface area contributed by atoms with E-state index in [-0.39, 0.29) is 0 Å². The molecule has 0 atom stereocenters. The van der Waals surface area contributed by atoms with Gasteiger partial charge in [0.05, 0.1) is 0 Å². The third-order valence-electron chi connectivity index (χ3n) is 2.48. The first-order chi connectivity index (χ1) is 7.89.